The molecule has 2 aliphatic rings. The standard InChI is InChI=1S/C92H127N7O27S2/c1-16-59(7)83(79(119-14)52-82(105)98-38-21-28-70(98)88(120-15)60(8)89(109)93-69(91(111)112)46-61-24-18-17-19-25-61)96(9)90(110)67(56(2)3)51-74(104)84(57(4)5)99(10,11)54-68-76(117-12)49-66(50-77(68)118-13)128(115,116)126-78-48-64(33-36-75(78)124-92-87(108)86(107)85(106)80(55-100)125-92)72(102)30-22-40-121-42-39-97-53-81(94-95-97)123-44-43-122-41-23-29-71(101)62-26-20-27-63(47-62)73(103)37-45-127(113,114)65-34-31-58(6)32-35-65/h17-20,24-27,31-36,47-50,53,56-57,59-60,67,69-70,79-80,83-88,92,100,106-108H,16,21-23,28-30,37-46,51-52,54-55H2,1-15H3,(H-,93,109,111,112)/p+1/t59?,60-,67+,69?,70+,79-,80-,83+,84+,85+,86+,87-,88-,92?/m1/s1. The predicted molar refractivity (Wildman–Crippen MR) is 469 cm³/mol. The monoisotopic (exact) mass is 1830 g/mol. The van der Waals surface area contributed by atoms with Crippen LogP contribution in [0.3, 0.4) is 0 Å². The molecule has 34 nitrogen and oxygen atoms in total. The third-order valence-electron chi connectivity index (χ3n) is 23.7. The number of amides is 3. The van der Waals surface area contributed by atoms with Crippen molar-refractivity contribution in [1.29, 1.82) is 0 Å². The van der Waals surface area contributed by atoms with E-state index in [4.69, 9.17) is 46.8 Å². The van der Waals surface area contributed by atoms with Gasteiger partial charge in [0, 0.05) is 114 Å². The Hall–Kier alpha value is -9.70. The number of hydrogen-bond donors (Lipinski definition) is 6. The maximum Gasteiger partial charge on any atom is 0.339 e. The zero-order chi connectivity index (χ0) is 94.1. The van der Waals surface area contributed by atoms with Gasteiger partial charge in [0.1, 0.15) is 60.0 Å². The van der Waals surface area contributed by atoms with E-state index in [9.17, 15) is 71.1 Å². The molecule has 5 aromatic carbocycles. The third kappa shape index (κ3) is 27.9. The molecule has 14 atom stereocenters. The predicted octanol–water partition coefficient (Wildman–Crippen LogP) is 7.90. The van der Waals surface area contributed by atoms with E-state index in [1.807, 2.05) is 68.6 Å². The Labute approximate surface area is 749 Å². The van der Waals surface area contributed by atoms with Crippen molar-refractivity contribution in [2.45, 2.75) is 216 Å². The number of aliphatic hydroxyl groups is 4. The van der Waals surface area contributed by atoms with Crippen molar-refractivity contribution < 1.29 is 132 Å². The van der Waals surface area contributed by atoms with Crippen LogP contribution in [0.4, 0.5) is 0 Å². The zero-order valence-electron chi connectivity index (χ0n) is 75.8. The number of sulfone groups is 1. The third-order valence-corrected chi connectivity index (χ3v) is 26.7. The summed E-state index contributed by atoms with van der Waals surface area (Å²) in [5.41, 5.74) is 2.52. The number of aromatic nitrogens is 3. The normalized spacial score (nSPS) is 18.6. The summed E-state index contributed by atoms with van der Waals surface area (Å²) >= 11 is 0. The fourth-order valence-electron chi connectivity index (χ4n) is 16.6. The number of carbonyl (C=O) groups excluding carboxylic acids is 7. The first-order valence-electron chi connectivity index (χ1n) is 43.3. The number of methoxy groups -OCH3 is 4. The molecule has 8 rings (SSSR count). The molecule has 6 N–H and O–H groups in total. The number of nitrogens with zero attached hydrogens (tertiary/aromatic N) is 6. The topological polar surface area (TPSA) is 448 Å². The van der Waals surface area contributed by atoms with Crippen LogP contribution in [-0.4, -0.2) is 287 Å². The van der Waals surface area contributed by atoms with Gasteiger partial charge in [0.15, 0.2) is 50.5 Å². The van der Waals surface area contributed by atoms with E-state index in [1.54, 1.807) is 84.6 Å². The highest BCUT2D eigenvalue weighted by Crippen LogP contribution is 2.41. The van der Waals surface area contributed by atoms with Crippen molar-refractivity contribution >= 4 is 66.8 Å². The van der Waals surface area contributed by atoms with E-state index < -0.39 is 145 Å². The van der Waals surface area contributed by atoms with Crippen molar-refractivity contribution in [3.63, 3.8) is 0 Å². The molecule has 2 aliphatic heterocycles. The van der Waals surface area contributed by atoms with E-state index in [-0.39, 0.29) is 176 Å². The Balaban J connectivity index is 0.868. The van der Waals surface area contributed by atoms with Gasteiger partial charge >= 0.3 is 16.1 Å². The van der Waals surface area contributed by atoms with Gasteiger partial charge in [0.25, 0.3) is 5.88 Å². The number of aliphatic hydroxyl groups excluding tert-OH is 4. The lowest BCUT2D eigenvalue weighted by molar-refractivity contribution is -0.922. The van der Waals surface area contributed by atoms with Gasteiger partial charge in [0.2, 0.25) is 24.0 Å². The van der Waals surface area contributed by atoms with E-state index in [2.05, 4.69) is 15.6 Å². The highest BCUT2D eigenvalue weighted by Gasteiger charge is 2.48. The second-order valence-corrected chi connectivity index (χ2v) is 37.6. The van der Waals surface area contributed by atoms with Crippen LogP contribution in [0.15, 0.2) is 125 Å². The van der Waals surface area contributed by atoms with Gasteiger partial charge in [-0.1, -0.05) is 131 Å². The van der Waals surface area contributed by atoms with Gasteiger partial charge in [-0.2, -0.15) is 8.42 Å². The number of carboxylic acid groups (broad SMARTS) is 1. The summed E-state index contributed by atoms with van der Waals surface area (Å²) in [6.45, 7) is 15.5. The molecular weight excluding hydrogens is 1700 g/mol. The molecule has 3 amide bonds. The molecule has 2 saturated heterocycles. The summed E-state index contributed by atoms with van der Waals surface area (Å²) in [5, 5.41) is 63.1. The number of likely N-dealkylation sites (N-methyl/N-ethyl adjacent to an activating group) is 2. The molecule has 0 bridgehead atoms. The van der Waals surface area contributed by atoms with Crippen LogP contribution in [-0.2, 0) is 87.1 Å². The van der Waals surface area contributed by atoms with Crippen LogP contribution in [0.1, 0.15) is 160 Å². The molecule has 0 spiro atoms. The number of carboxylic acids is 1. The maximum absolute atomic E-state index is 15.3. The lowest BCUT2D eigenvalue weighted by atomic mass is 9.83. The molecule has 36 heteroatoms. The van der Waals surface area contributed by atoms with Crippen molar-refractivity contribution in [3.05, 3.63) is 149 Å². The van der Waals surface area contributed by atoms with Crippen LogP contribution in [0.25, 0.3) is 0 Å². The highest BCUT2D eigenvalue weighted by molar-refractivity contribution is 7.91. The molecule has 3 unspecified atom stereocenters. The largest absolute Gasteiger partial charge is 0.496 e. The van der Waals surface area contributed by atoms with E-state index >= 15 is 9.59 Å². The minimum Gasteiger partial charge on any atom is -0.496 e. The quantitative estimate of drug-likeness (QED) is 0.00914. The SMILES string of the molecule is CCC(C)[C@@H]([C@@H](CC(=O)N1CCC[C@H]1[C@H](OC)[C@@H](C)C(=O)NC(Cc1ccccc1)C(=O)O)OC)N(C)C(=O)[C@@H](CC(=O)[C@H](C(C)C)[N+](C)(C)Cc1c(OC)cc(S(=O)(=O)Oc2cc(C(=O)CCCOCCn3cc(OCCOCCCC(=O)c4cccc(C(=O)CCS(=O)(=O)c5ccc(C)cc5)c4)nn3)ccc2OC2O[C@H](CO)[C@H](O)[C@H](O)[C@H]2O)cc1OC)C(C)C. The highest BCUT2D eigenvalue weighted by atomic mass is 32.2. The van der Waals surface area contributed by atoms with Gasteiger partial charge in [-0.15, -0.1) is 0 Å². The number of rotatable bonds is 54. The Morgan fingerprint density at radius 1 is 0.688 bits per heavy atom. The van der Waals surface area contributed by atoms with Gasteiger partial charge in [0.05, 0.1) is 114 Å². The van der Waals surface area contributed by atoms with E-state index in [0.29, 0.717) is 43.4 Å². The van der Waals surface area contributed by atoms with Crippen molar-refractivity contribution in [2.75, 3.05) is 102 Å². The number of carbonyl (C=O) groups is 8. The number of aliphatic carboxylic acids is 1. The van der Waals surface area contributed by atoms with Crippen LogP contribution in [0.2, 0.25) is 0 Å². The minimum atomic E-state index is -5.02. The summed E-state index contributed by atoms with van der Waals surface area (Å²) in [7, 11) is 2.18. The molecule has 3 heterocycles. The average Bonchev–Trinajstić information content (AvgIpc) is 1.03. The lowest BCUT2D eigenvalue weighted by Crippen LogP contribution is -2.60. The number of aryl methyl sites for hydroxylation is 1. The number of ether oxygens (including phenoxy) is 9. The molecule has 0 radical (unpaired) electrons. The minimum absolute atomic E-state index is 0.000952. The number of likely N-dealkylation sites (tertiary alicyclic amines) is 1. The molecule has 0 saturated carbocycles. The summed E-state index contributed by atoms with van der Waals surface area (Å²) < 4.78 is 115. The van der Waals surface area contributed by atoms with E-state index in [1.165, 1.54) is 75.6 Å². The number of benzene rings is 5. The smallest absolute Gasteiger partial charge is 0.339 e. The number of quaternary nitrogens is 1. The molecule has 6 aromatic rings. The molecular formula is C92H128N7O27S2+. The molecule has 0 aliphatic carbocycles. The van der Waals surface area contributed by atoms with Gasteiger partial charge < -0.3 is 91.9 Å². The number of Topliss-reactive ketones (excluding diaryl/α,β-unsaturated/α-hetero) is 4. The zero-order valence-corrected chi connectivity index (χ0v) is 77.4. The Bertz CT molecular complexity index is 4910. The summed E-state index contributed by atoms with van der Waals surface area (Å²) in [4.78, 5) is 114. The lowest BCUT2D eigenvalue weighted by Gasteiger charge is -2.42. The Morgan fingerprint density at radius 3 is 1.90 bits per heavy atom. The Kier molecular flexibility index (Phi) is 39.1. The molecule has 1 aromatic heterocycles. The number of nitrogens with one attached hydrogen (secondary N) is 1. The second-order valence-electron chi connectivity index (χ2n) is 34.0. The van der Waals surface area contributed by atoms with Gasteiger partial charge in [-0.25, -0.2) is 17.9 Å². The fourth-order valence-corrected chi connectivity index (χ4v) is 18.8. The Morgan fingerprint density at radius 2 is 1.31 bits per heavy atom. The first-order chi connectivity index (χ1) is 60.7. The summed E-state index contributed by atoms with van der Waals surface area (Å²) in [5.74, 6) is -7.46. The number of ketones is 4. The first kappa shape index (κ1) is 104. The van der Waals surface area contributed by atoms with Crippen LogP contribution in [0, 0.1) is 36.5 Å². The summed E-state index contributed by atoms with van der Waals surface area (Å²) in [6, 6.07) is 24.3. The second kappa shape index (κ2) is 48.3. The maximum atomic E-state index is 15.3. The van der Waals surface area contributed by atoms with Crippen LogP contribution < -0.4 is 28.4 Å². The first-order valence-corrected chi connectivity index (χ1v) is 46.3. The molecule has 704 valence electrons. The number of hydrogen-bond acceptors (Lipinski definition) is 28. The van der Waals surface area contributed by atoms with Gasteiger partial charge in [-0.3, -0.25) is 33.6 Å². The molecule has 128 heavy (non-hydrogen) atoms. The van der Waals surface area contributed by atoms with E-state index in [0.717, 1.165) is 17.2 Å². The average molecular weight is 1830 g/mol. The molecule has 2 fully saturated rings. The van der Waals surface area contributed by atoms with Crippen molar-refractivity contribution in [3.8, 4) is 28.9 Å². The van der Waals surface area contributed by atoms with Crippen LogP contribution >= 0.6 is 0 Å². The summed E-state index contributed by atoms with van der Waals surface area (Å²) in [6.07, 6.45) is -7.11. The van der Waals surface area contributed by atoms with Gasteiger partial charge in [-0.05, 0) is 86.4 Å². The van der Waals surface area contributed by atoms with Crippen molar-refractivity contribution in [2.24, 2.45) is 29.6 Å². The van der Waals surface area contributed by atoms with Crippen molar-refractivity contribution in [1.82, 2.24) is 30.1 Å². The fraction of sp³-hybridized carbons (Fsp3) is 0.565. The van der Waals surface area contributed by atoms with Crippen LogP contribution in [0.5, 0.6) is 28.9 Å².